The number of hydrogen-bond donors (Lipinski definition) is 0. The minimum Gasteiger partial charge on any atom is -0.444 e. The molecule has 0 aromatic heterocycles. The number of hydrogen-bond acceptors (Lipinski definition) is 5. The minimum atomic E-state index is -0.886. The lowest BCUT2D eigenvalue weighted by Gasteiger charge is -2.42. The average Bonchev–Trinajstić information content (AvgIpc) is 2.84. The van der Waals surface area contributed by atoms with E-state index in [2.05, 4.69) is 0 Å². The van der Waals surface area contributed by atoms with Crippen LogP contribution in [-0.2, 0) is 16.1 Å². The van der Waals surface area contributed by atoms with Gasteiger partial charge in [-0.3, -0.25) is 9.69 Å². The zero-order valence-corrected chi connectivity index (χ0v) is 22.3. The maximum absolute atomic E-state index is 14.5. The number of thioether (sulfide) groups is 1. The van der Waals surface area contributed by atoms with E-state index in [1.807, 2.05) is 26.8 Å². The van der Waals surface area contributed by atoms with Crippen molar-refractivity contribution in [3.8, 4) is 6.07 Å². The van der Waals surface area contributed by atoms with Gasteiger partial charge in [0.05, 0.1) is 17.8 Å². The Labute approximate surface area is 215 Å². The van der Waals surface area contributed by atoms with Crippen LogP contribution in [0.15, 0.2) is 41.3 Å². The van der Waals surface area contributed by atoms with Crippen molar-refractivity contribution < 1.29 is 18.7 Å². The molecule has 3 rings (SSSR count). The number of amides is 2. The third kappa shape index (κ3) is 6.28. The normalized spacial score (nSPS) is 16.3. The number of fused-ring (bicyclic) bond motifs is 1. The van der Waals surface area contributed by atoms with Crippen LogP contribution in [0.2, 0.25) is 5.02 Å². The van der Waals surface area contributed by atoms with Crippen molar-refractivity contribution in [2.45, 2.75) is 70.2 Å². The summed E-state index contributed by atoms with van der Waals surface area (Å²) in [6.45, 7) is 11.0. The van der Waals surface area contributed by atoms with Crippen LogP contribution in [0.1, 0.15) is 52.7 Å². The number of benzene rings is 2. The first-order valence-corrected chi connectivity index (χ1v) is 12.5. The molecule has 0 fully saturated rings. The molecule has 2 aromatic rings. The number of ether oxygens (including phenoxy) is 1. The summed E-state index contributed by atoms with van der Waals surface area (Å²) >= 11 is 7.30. The fraction of sp³-hybridized carbons (Fsp3) is 0.423. The van der Waals surface area contributed by atoms with Gasteiger partial charge in [0.1, 0.15) is 23.5 Å². The Hall–Kier alpha value is -2.76. The van der Waals surface area contributed by atoms with Gasteiger partial charge in [-0.15, -0.1) is 11.8 Å². The van der Waals surface area contributed by atoms with E-state index >= 15 is 0 Å². The Morgan fingerprint density at radius 1 is 1.23 bits per heavy atom. The molecular weight excluding hydrogens is 489 g/mol. The Balaban J connectivity index is 2.12. The quantitative estimate of drug-likeness (QED) is 0.471. The molecule has 1 heterocycles. The number of carbonyl (C=O) groups excluding carboxylic acids is 2. The van der Waals surface area contributed by atoms with E-state index in [4.69, 9.17) is 16.3 Å². The summed E-state index contributed by atoms with van der Waals surface area (Å²) in [7, 11) is 0. The summed E-state index contributed by atoms with van der Waals surface area (Å²) < 4.78 is 20.2. The van der Waals surface area contributed by atoms with Crippen LogP contribution in [0.4, 0.5) is 14.9 Å². The summed E-state index contributed by atoms with van der Waals surface area (Å²) in [4.78, 5) is 30.9. The van der Waals surface area contributed by atoms with E-state index in [-0.39, 0.29) is 23.8 Å². The smallest absolute Gasteiger partial charge is 0.411 e. The molecule has 2 amide bonds. The predicted molar refractivity (Wildman–Crippen MR) is 136 cm³/mol. The van der Waals surface area contributed by atoms with E-state index in [0.717, 1.165) is 5.56 Å². The average molecular weight is 518 g/mol. The van der Waals surface area contributed by atoms with Crippen LogP contribution in [0, 0.1) is 17.1 Å². The highest BCUT2D eigenvalue weighted by molar-refractivity contribution is 7.99. The molecule has 0 saturated carbocycles. The number of nitrogens with zero attached hydrogens (tertiary/aromatic N) is 3. The molecule has 0 radical (unpaired) electrons. The summed E-state index contributed by atoms with van der Waals surface area (Å²) in [6, 6.07) is 10.7. The molecule has 186 valence electrons. The van der Waals surface area contributed by atoms with Crippen molar-refractivity contribution in [1.29, 1.82) is 5.26 Å². The SMILES string of the molecule is CC(C)(C)OC(=O)N([C@H]1CSc2cc(F)c(C#N)cc2N(Cc2ccc(Cl)cc2)C1=O)C(C)(C)C. The zero-order valence-electron chi connectivity index (χ0n) is 20.7. The fourth-order valence-electron chi connectivity index (χ4n) is 3.79. The van der Waals surface area contributed by atoms with Crippen molar-refractivity contribution in [2.24, 2.45) is 0 Å². The molecule has 0 N–H and O–H groups in total. The van der Waals surface area contributed by atoms with Gasteiger partial charge in [-0.25, -0.2) is 9.18 Å². The van der Waals surface area contributed by atoms with E-state index in [1.165, 1.54) is 33.7 Å². The molecule has 0 spiro atoms. The second kappa shape index (κ2) is 10.1. The molecule has 35 heavy (non-hydrogen) atoms. The lowest BCUT2D eigenvalue weighted by atomic mass is 10.0. The maximum atomic E-state index is 14.5. The van der Waals surface area contributed by atoms with E-state index < -0.39 is 29.1 Å². The Kier molecular flexibility index (Phi) is 7.73. The number of nitriles is 1. The largest absolute Gasteiger partial charge is 0.444 e. The highest BCUT2D eigenvalue weighted by Crippen LogP contribution is 2.39. The van der Waals surface area contributed by atoms with Crippen molar-refractivity contribution >= 4 is 41.1 Å². The molecule has 2 aromatic carbocycles. The van der Waals surface area contributed by atoms with Gasteiger partial charge >= 0.3 is 6.09 Å². The van der Waals surface area contributed by atoms with Crippen molar-refractivity contribution in [3.05, 3.63) is 58.4 Å². The zero-order chi connectivity index (χ0) is 26.1. The summed E-state index contributed by atoms with van der Waals surface area (Å²) in [5.74, 6) is -0.802. The molecule has 1 atom stereocenters. The Bertz CT molecular complexity index is 1170. The number of halogens is 2. The van der Waals surface area contributed by atoms with E-state index in [9.17, 15) is 19.2 Å². The third-order valence-electron chi connectivity index (χ3n) is 5.29. The second-order valence-corrected chi connectivity index (χ2v) is 11.8. The lowest BCUT2D eigenvalue weighted by Crippen LogP contribution is -2.59. The highest BCUT2D eigenvalue weighted by atomic mass is 35.5. The number of anilines is 1. The number of carbonyl (C=O) groups is 2. The first-order valence-electron chi connectivity index (χ1n) is 11.2. The molecule has 9 heteroatoms. The van der Waals surface area contributed by atoms with Crippen LogP contribution < -0.4 is 4.90 Å². The highest BCUT2D eigenvalue weighted by Gasteiger charge is 2.43. The fourth-order valence-corrected chi connectivity index (χ4v) is 5.05. The van der Waals surface area contributed by atoms with Crippen molar-refractivity contribution in [3.63, 3.8) is 0 Å². The van der Waals surface area contributed by atoms with Gasteiger partial charge in [-0.05, 0) is 71.4 Å². The van der Waals surface area contributed by atoms with Crippen LogP contribution in [0.3, 0.4) is 0 Å². The summed E-state index contributed by atoms with van der Waals surface area (Å²) in [6.07, 6.45) is -0.606. The van der Waals surface area contributed by atoms with Crippen molar-refractivity contribution in [1.82, 2.24) is 4.90 Å². The van der Waals surface area contributed by atoms with Crippen LogP contribution in [-0.4, -0.2) is 39.8 Å². The first-order chi connectivity index (χ1) is 16.2. The Morgan fingerprint density at radius 3 is 2.40 bits per heavy atom. The molecule has 0 unspecified atom stereocenters. The van der Waals surface area contributed by atoms with Gasteiger partial charge < -0.3 is 9.64 Å². The number of rotatable bonds is 3. The molecule has 1 aliphatic rings. The topological polar surface area (TPSA) is 73.6 Å². The van der Waals surface area contributed by atoms with Crippen LogP contribution in [0.25, 0.3) is 0 Å². The molecule has 0 saturated heterocycles. The molecule has 0 bridgehead atoms. The molecule has 0 aliphatic carbocycles. The predicted octanol–water partition coefficient (Wildman–Crippen LogP) is 6.39. The summed E-state index contributed by atoms with van der Waals surface area (Å²) in [5, 5.41) is 9.96. The molecule has 6 nitrogen and oxygen atoms in total. The standard InChI is InChI=1S/C26H29ClFN3O3S/c1-25(2,3)31(24(33)34-26(4,5)6)21-15-35-22-12-19(28)17(13-29)11-20(22)30(23(21)32)14-16-7-9-18(27)10-8-16/h7-12,21H,14-15H2,1-6H3/t21-/m0/s1. The van der Waals surface area contributed by atoms with Gasteiger partial charge in [0.15, 0.2) is 0 Å². The van der Waals surface area contributed by atoms with Gasteiger partial charge in [-0.1, -0.05) is 23.7 Å². The summed E-state index contributed by atoms with van der Waals surface area (Å²) in [5.41, 5.74) is -0.431. The Morgan fingerprint density at radius 2 is 1.86 bits per heavy atom. The second-order valence-electron chi connectivity index (χ2n) is 10.3. The maximum Gasteiger partial charge on any atom is 0.411 e. The van der Waals surface area contributed by atoms with Crippen LogP contribution >= 0.6 is 23.4 Å². The first kappa shape index (κ1) is 26.8. The van der Waals surface area contributed by atoms with Crippen molar-refractivity contribution in [2.75, 3.05) is 10.7 Å². The van der Waals surface area contributed by atoms with Gasteiger partial charge in [0, 0.05) is 21.2 Å². The van der Waals surface area contributed by atoms with E-state index in [0.29, 0.717) is 15.6 Å². The third-order valence-corrected chi connectivity index (χ3v) is 6.66. The van der Waals surface area contributed by atoms with Gasteiger partial charge in [0.25, 0.3) is 5.91 Å². The molecule has 1 aliphatic heterocycles. The lowest BCUT2D eigenvalue weighted by molar-refractivity contribution is -0.125. The molecular formula is C26H29ClFN3O3S. The van der Waals surface area contributed by atoms with Gasteiger partial charge in [-0.2, -0.15) is 5.26 Å². The minimum absolute atomic E-state index is 0.156. The van der Waals surface area contributed by atoms with Gasteiger partial charge in [0.2, 0.25) is 0 Å². The monoisotopic (exact) mass is 517 g/mol. The van der Waals surface area contributed by atoms with Crippen LogP contribution in [0.5, 0.6) is 0 Å². The van der Waals surface area contributed by atoms with E-state index in [1.54, 1.807) is 45.0 Å².